The first-order valence-electron chi connectivity index (χ1n) is 13.0. The highest BCUT2D eigenvalue weighted by atomic mass is 32.1. The van der Waals surface area contributed by atoms with Gasteiger partial charge in [0.15, 0.2) is 0 Å². The Morgan fingerprint density at radius 2 is 1.71 bits per heavy atom. The van der Waals surface area contributed by atoms with Gasteiger partial charge in [0.2, 0.25) is 11.8 Å². The number of hydrogen-bond donors (Lipinski definition) is 0. The van der Waals surface area contributed by atoms with Crippen molar-refractivity contribution < 1.29 is 14.5 Å². The van der Waals surface area contributed by atoms with E-state index in [2.05, 4.69) is 13.0 Å². The predicted molar refractivity (Wildman–Crippen MR) is 150 cm³/mol. The number of rotatable bonds is 10. The molecule has 198 valence electrons. The molecule has 1 aromatic heterocycles. The molecule has 2 aromatic carbocycles. The van der Waals surface area contributed by atoms with E-state index in [0.29, 0.717) is 18.7 Å². The monoisotopic (exact) mass is 531 g/mol. The molecule has 0 spiro atoms. The fourth-order valence-electron chi connectivity index (χ4n) is 4.77. The van der Waals surface area contributed by atoms with Crippen LogP contribution >= 0.6 is 11.3 Å². The van der Waals surface area contributed by atoms with Crippen molar-refractivity contribution in [3.8, 4) is 0 Å². The van der Waals surface area contributed by atoms with E-state index in [1.165, 1.54) is 18.2 Å². The maximum atomic E-state index is 13.8. The van der Waals surface area contributed by atoms with Gasteiger partial charge in [-0.1, -0.05) is 49.6 Å². The van der Waals surface area contributed by atoms with Gasteiger partial charge in [-0.3, -0.25) is 19.7 Å². The molecule has 1 aliphatic carbocycles. The van der Waals surface area contributed by atoms with Crippen LogP contribution in [0.4, 0.5) is 5.69 Å². The Morgan fingerprint density at radius 3 is 2.34 bits per heavy atom. The highest BCUT2D eigenvalue weighted by Gasteiger charge is 2.28. The number of hydrogen-bond acceptors (Lipinski definition) is 5. The summed E-state index contributed by atoms with van der Waals surface area (Å²) in [6, 6.07) is 18.1. The molecule has 0 atom stereocenters. The molecule has 1 fully saturated rings. The third kappa shape index (κ3) is 7.38. The van der Waals surface area contributed by atoms with Crippen LogP contribution in [0.3, 0.4) is 0 Å². The fraction of sp³-hybridized carbons (Fsp3) is 0.333. The average molecular weight is 532 g/mol. The molecule has 0 saturated heterocycles. The molecule has 2 amide bonds. The number of nitro groups is 1. The molecule has 0 aliphatic heterocycles. The summed E-state index contributed by atoms with van der Waals surface area (Å²) < 4.78 is 0. The fourth-order valence-corrected chi connectivity index (χ4v) is 5.69. The van der Waals surface area contributed by atoms with Gasteiger partial charge in [0, 0.05) is 35.7 Å². The molecule has 7 nitrogen and oxygen atoms in total. The molecule has 8 heteroatoms. The summed E-state index contributed by atoms with van der Waals surface area (Å²) in [4.78, 5) is 42.4. The minimum absolute atomic E-state index is 0.00221. The van der Waals surface area contributed by atoms with Crippen molar-refractivity contribution in [3.05, 3.63) is 104 Å². The number of aryl methyl sites for hydroxylation is 1. The lowest BCUT2D eigenvalue weighted by atomic mass is 9.94. The Labute approximate surface area is 227 Å². The summed E-state index contributed by atoms with van der Waals surface area (Å²) in [6.07, 6.45) is 8.12. The molecule has 1 heterocycles. The number of carbonyl (C=O) groups excluding carboxylic acids is 2. The van der Waals surface area contributed by atoms with Crippen LogP contribution in [-0.4, -0.2) is 39.1 Å². The van der Waals surface area contributed by atoms with E-state index in [1.807, 2.05) is 40.6 Å². The smallest absolute Gasteiger partial charge is 0.269 e. The van der Waals surface area contributed by atoms with Crippen LogP contribution in [0, 0.1) is 17.0 Å². The molecular weight excluding hydrogens is 498 g/mol. The zero-order valence-electron chi connectivity index (χ0n) is 21.6. The van der Waals surface area contributed by atoms with Gasteiger partial charge in [-0.2, -0.15) is 0 Å². The lowest BCUT2D eigenvalue weighted by Gasteiger charge is -2.35. The van der Waals surface area contributed by atoms with Crippen molar-refractivity contribution in [1.29, 1.82) is 0 Å². The van der Waals surface area contributed by atoms with Crippen LogP contribution in [0.5, 0.6) is 0 Å². The van der Waals surface area contributed by atoms with Crippen molar-refractivity contribution in [1.82, 2.24) is 9.80 Å². The average Bonchev–Trinajstić information content (AvgIpc) is 3.35. The standard InChI is InChI=1S/C30H33N3O4S/c1-23-18-19-38-28(23)21-31(20-25-8-4-2-5-9-25)30(35)22-32(26-10-6-3-7-11-26)29(34)17-14-24-12-15-27(16-13-24)33(36)37/h2,4-5,8-9,12-19,26H,3,6-7,10-11,20-22H2,1H3/b17-14+. The van der Waals surface area contributed by atoms with Gasteiger partial charge in [-0.25, -0.2) is 0 Å². The Morgan fingerprint density at radius 1 is 1.00 bits per heavy atom. The highest BCUT2D eigenvalue weighted by Crippen LogP contribution is 2.25. The molecule has 0 radical (unpaired) electrons. The second kappa shape index (κ2) is 13.1. The molecule has 3 aromatic rings. The van der Waals surface area contributed by atoms with Crippen molar-refractivity contribution >= 4 is 34.9 Å². The number of amides is 2. The Bertz CT molecular complexity index is 1260. The number of non-ortho nitro benzene ring substituents is 1. The van der Waals surface area contributed by atoms with Gasteiger partial charge in [0.1, 0.15) is 6.54 Å². The molecule has 0 N–H and O–H groups in total. The summed E-state index contributed by atoms with van der Waals surface area (Å²) in [5.41, 5.74) is 2.90. The molecular formula is C30H33N3O4S. The van der Waals surface area contributed by atoms with Crippen molar-refractivity contribution in [2.24, 2.45) is 0 Å². The topological polar surface area (TPSA) is 83.8 Å². The van der Waals surface area contributed by atoms with Crippen LogP contribution < -0.4 is 0 Å². The summed E-state index contributed by atoms with van der Waals surface area (Å²) in [5.74, 6) is -0.292. The SMILES string of the molecule is Cc1ccsc1CN(Cc1ccccc1)C(=O)CN(C(=O)/C=C/c1ccc([N+](=O)[O-])cc1)C1CCCCC1. The minimum Gasteiger partial charge on any atom is -0.332 e. The van der Waals surface area contributed by atoms with Crippen molar-refractivity contribution in [2.45, 2.75) is 58.2 Å². The first kappa shape index (κ1) is 27.3. The molecule has 1 aliphatic rings. The number of nitro benzene ring substituents is 1. The molecule has 0 bridgehead atoms. The van der Waals surface area contributed by atoms with Crippen molar-refractivity contribution in [2.75, 3.05) is 6.54 Å². The number of nitrogens with zero attached hydrogens (tertiary/aromatic N) is 3. The zero-order chi connectivity index (χ0) is 26.9. The Balaban J connectivity index is 1.53. The maximum Gasteiger partial charge on any atom is 0.269 e. The van der Waals surface area contributed by atoms with E-state index in [-0.39, 0.29) is 30.1 Å². The molecule has 4 rings (SSSR count). The quantitative estimate of drug-likeness (QED) is 0.173. The van der Waals surface area contributed by atoms with E-state index < -0.39 is 4.92 Å². The van der Waals surface area contributed by atoms with Gasteiger partial charge in [-0.05, 0) is 66.1 Å². The molecule has 1 saturated carbocycles. The number of thiophene rings is 1. The first-order valence-corrected chi connectivity index (χ1v) is 13.9. The molecule has 38 heavy (non-hydrogen) atoms. The second-order valence-corrected chi connectivity index (χ2v) is 10.7. The Hall–Kier alpha value is -3.78. The summed E-state index contributed by atoms with van der Waals surface area (Å²) in [5, 5.41) is 13.0. The third-order valence-corrected chi connectivity index (χ3v) is 8.01. The first-order chi connectivity index (χ1) is 18.4. The minimum atomic E-state index is -0.450. The van der Waals surface area contributed by atoms with E-state index in [9.17, 15) is 19.7 Å². The van der Waals surface area contributed by atoms with Crippen LogP contribution in [0.2, 0.25) is 0 Å². The van der Waals surface area contributed by atoms with E-state index in [4.69, 9.17) is 0 Å². The van der Waals surface area contributed by atoms with E-state index >= 15 is 0 Å². The highest BCUT2D eigenvalue weighted by molar-refractivity contribution is 7.10. The largest absolute Gasteiger partial charge is 0.332 e. The molecule has 0 unspecified atom stereocenters. The van der Waals surface area contributed by atoms with Gasteiger partial charge in [-0.15, -0.1) is 11.3 Å². The van der Waals surface area contributed by atoms with Gasteiger partial charge in [0.25, 0.3) is 5.69 Å². The predicted octanol–water partition coefficient (Wildman–Crippen LogP) is 6.37. The number of carbonyl (C=O) groups is 2. The lowest BCUT2D eigenvalue weighted by Crippen LogP contribution is -2.47. The number of benzene rings is 2. The second-order valence-electron chi connectivity index (χ2n) is 9.70. The summed E-state index contributed by atoms with van der Waals surface area (Å²) in [6.45, 7) is 3.05. The van der Waals surface area contributed by atoms with Crippen LogP contribution in [0.25, 0.3) is 6.08 Å². The zero-order valence-corrected chi connectivity index (χ0v) is 22.4. The van der Waals surface area contributed by atoms with Crippen LogP contribution in [0.1, 0.15) is 53.7 Å². The van der Waals surface area contributed by atoms with Crippen molar-refractivity contribution in [3.63, 3.8) is 0 Å². The van der Waals surface area contributed by atoms with E-state index in [0.717, 1.165) is 48.1 Å². The normalized spacial score (nSPS) is 13.9. The van der Waals surface area contributed by atoms with Gasteiger partial charge < -0.3 is 9.80 Å². The third-order valence-electron chi connectivity index (χ3n) is 7.00. The maximum absolute atomic E-state index is 13.8. The van der Waals surface area contributed by atoms with E-state index in [1.54, 1.807) is 34.4 Å². The van der Waals surface area contributed by atoms with Crippen LogP contribution in [-0.2, 0) is 22.7 Å². The Kier molecular flexibility index (Phi) is 9.43. The van der Waals surface area contributed by atoms with Gasteiger partial charge >= 0.3 is 0 Å². The van der Waals surface area contributed by atoms with Crippen LogP contribution in [0.15, 0.2) is 72.1 Å². The lowest BCUT2D eigenvalue weighted by molar-refractivity contribution is -0.384. The summed E-state index contributed by atoms with van der Waals surface area (Å²) in [7, 11) is 0. The summed E-state index contributed by atoms with van der Waals surface area (Å²) >= 11 is 1.64. The van der Waals surface area contributed by atoms with Gasteiger partial charge in [0.05, 0.1) is 11.5 Å².